The molecule has 0 saturated heterocycles. The maximum atomic E-state index is 12.4. The summed E-state index contributed by atoms with van der Waals surface area (Å²) in [6, 6.07) is 9.42. The van der Waals surface area contributed by atoms with E-state index in [1.807, 2.05) is 18.2 Å². The number of rotatable bonds is 5. The Morgan fingerprint density at radius 3 is 2.65 bits per heavy atom. The summed E-state index contributed by atoms with van der Waals surface area (Å²) in [5.41, 5.74) is 0.198. The second-order valence-electron chi connectivity index (χ2n) is 5.48. The van der Waals surface area contributed by atoms with Gasteiger partial charge in [-0.1, -0.05) is 11.6 Å². The number of anilines is 1. The molecule has 9 heteroatoms. The molecule has 1 N–H and O–H groups in total. The van der Waals surface area contributed by atoms with E-state index in [1.54, 1.807) is 6.92 Å². The van der Waals surface area contributed by atoms with Gasteiger partial charge in [0.25, 0.3) is 5.69 Å². The smallest absolute Gasteiger partial charge is 0.271 e. The minimum atomic E-state index is -0.544. The van der Waals surface area contributed by atoms with Crippen molar-refractivity contribution in [3.05, 3.63) is 51.5 Å². The largest absolute Gasteiger partial charge is 0.486 e. The van der Waals surface area contributed by atoms with Crippen LogP contribution in [0.25, 0.3) is 0 Å². The number of nitro groups is 1. The molecule has 0 fully saturated rings. The van der Waals surface area contributed by atoms with E-state index in [9.17, 15) is 14.9 Å². The summed E-state index contributed by atoms with van der Waals surface area (Å²) in [5, 5.41) is 13.1. The molecule has 1 amide bonds. The SMILES string of the molecule is C[C@@H](Sc1ccc2c(c1)OCCO2)C(=O)Nc1ccc([N+](=O)[O-])cc1Cl. The predicted molar refractivity (Wildman–Crippen MR) is 99.5 cm³/mol. The zero-order valence-electron chi connectivity index (χ0n) is 13.7. The minimum absolute atomic E-state index is 0.115. The first kappa shape index (κ1) is 18.3. The van der Waals surface area contributed by atoms with E-state index < -0.39 is 10.2 Å². The second-order valence-corrected chi connectivity index (χ2v) is 7.30. The molecule has 1 heterocycles. The first-order valence-corrected chi connectivity index (χ1v) is 9.01. The van der Waals surface area contributed by atoms with E-state index in [1.165, 1.54) is 30.0 Å². The van der Waals surface area contributed by atoms with Crippen LogP contribution in [0.1, 0.15) is 6.92 Å². The van der Waals surface area contributed by atoms with Crippen LogP contribution in [0, 0.1) is 10.1 Å². The van der Waals surface area contributed by atoms with Crippen LogP contribution in [-0.4, -0.2) is 29.3 Å². The van der Waals surface area contributed by atoms with Crippen LogP contribution in [0.5, 0.6) is 11.5 Å². The lowest BCUT2D eigenvalue weighted by atomic mass is 10.2. The van der Waals surface area contributed by atoms with E-state index in [0.29, 0.717) is 30.4 Å². The Labute approximate surface area is 158 Å². The molecule has 1 atom stereocenters. The molecule has 3 rings (SSSR count). The number of carbonyl (C=O) groups excluding carboxylic acids is 1. The number of thioether (sulfide) groups is 1. The molecule has 0 aromatic heterocycles. The van der Waals surface area contributed by atoms with E-state index >= 15 is 0 Å². The van der Waals surface area contributed by atoms with Crippen LogP contribution in [0.15, 0.2) is 41.3 Å². The van der Waals surface area contributed by atoms with Crippen molar-refractivity contribution in [1.82, 2.24) is 0 Å². The summed E-state index contributed by atoms with van der Waals surface area (Å²) in [6.07, 6.45) is 0. The van der Waals surface area contributed by atoms with Gasteiger partial charge in [0, 0.05) is 17.0 Å². The van der Waals surface area contributed by atoms with Gasteiger partial charge in [0.1, 0.15) is 13.2 Å². The number of nitrogens with one attached hydrogen (secondary N) is 1. The van der Waals surface area contributed by atoms with Crippen molar-refractivity contribution < 1.29 is 19.2 Å². The molecular weight excluding hydrogens is 380 g/mol. The molecule has 1 aliphatic heterocycles. The standard InChI is InChI=1S/C17H15ClN2O5S/c1-10(26-12-3-5-15-16(9-12)25-7-6-24-15)17(21)19-14-4-2-11(20(22)23)8-13(14)18/h2-5,8-10H,6-7H2,1H3,(H,19,21)/t10-/m1/s1. The lowest BCUT2D eigenvalue weighted by Gasteiger charge is -2.19. The predicted octanol–water partition coefficient (Wildman–Crippen LogP) is 4.14. The maximum absolute atomic E-state index is 12.4. The number of fused-ring (bicyclic) bond motifs is 1. The Morgan fingerprint density at radius 2 is 1.96 bits per heavy atom. The normalized spacial score (nSPS) is 13.8. The zero-order chi connectivity index (χ0) is 18.7. The van der Waals surface area contributed by atoms with Crippen molar-refractivity contribution >= 4 is 40.6 Å². The van der Waals surface area contributed by atoms with Crippen molar-refractivity contribution in [2.24, 2.45) is 0 Å². The van der Waals surface area contributed by atoms with Gasteiger partial charge in [-0.15, -0.1) is 11.8 Å². The summed E-state index contributed by atoms with van der Waals surface area (Å²) in [5.74, 6) is 1.09. The molecule has 0 spiro atoms. The van der Waals surface area contributed by atoms with Gasteiger partial charge in [0.05, 0.1) is 20.9 Å². The van der Waals surface area contributed by atoms with E-state index in [4.69, 9.17) is 21.1 Å². The third kappa shape index (κ3) is 4.20. The van der Waals surface area contributed by atoms with Crippen LogP contribution in [-0.2, 0) is 4.79 Å². The number of nitrogens with zero attached hydrogens (tertiary/aromatic N) is 1. The van der Waals surface area contributed by atoms with Gasteiger partial charge in [-0.3, -0.25) is 14.9 Å². The summed E-state index contributed by atoms with van der Waals surface area (Å²) in [4.78, 5) is 23.5. The summed E-state index contributed by atoms with van der Waals surface area (Å²) in [6.45, 7) is 2.78. The fraction of sp³-hybridized carbons (Fsp3) is 0.235. The number of amides is 1. The fourth-order valence-electron chi connectivity index (χ4n) is 2.31. The highest BCUT2D eigenvalue weighted by Crippen LogP contribution is 2.36. The van der Waals surface area contributed by atoms with Crippen LogP contribution < -0.4 is 14.8 Å². The minimum Gasteiger partial charge on any atom is -0.486 e. The van der Waals surface area contributed by atoms with Gasteiger partial charge in [-0.05, 0) is 31.2 Å². The highest BCUT2D eigenvalue weighted by molar-refractivity contribution is 8.00. The van der Waals surface area contributed by atoms with E-state index in [2.05, 4.69) is 5.32 Å². The van der Waals surface area contributed by atoms with Crippen molar-refractivity contribution in [3.8, 4) is 11.5 Å². The first-order valence-electron chi connectivity index (χ1n) is 7.75. The molecule has 0 bridgehead atoms. The van der Waals surface area contributed by atoms with Gasteiger partial charge in [0.2, 0.25) is 5.91 Å². The Morgan fingerprint density at radius 1 is 1.23 bits per heavy atom. The number of nitro benzene ring substituents is 1. The average molecular weight is 395 g/mol. The number of hydrogen-bond acceptors (Lipinski definition) is 6. The number of benzene rings is 2. The molecule has 0 unspecified atom stereocenters. The lowest BCUT2D eigenvalue weighted by molar-refractivity contribution is -0.384. The van der Waals surface area contributed by atoms with Gasteiger partial charge < -0.3 is 14.8 Å². The molecular formula is C17H15ClN2O5S. The van der Waals surface area contributed by atoms with Gasteiger partial charge in [-0.2, -0.15) is 0 Å². The van der Waals surface area contributed by atoms with Crippen molar-refractivity contribution in [3.63, 3.8) is 0 Å². The van der Waals surface area contributed by atoms with Crippen LogP contribution in [0.2, 0.25) is 5.02 Å². The highest BCUT2D eigenvalue weighted by atomic mass is 35.5. The molecule has 1 aliphatic rings. The topological polar surface area (TPSA) is 90.7 Å². The number of hydrogen-bond donors (Lipinski definition) is 1. The number of ether oxygens (including phenoxy) is 2. The van der Waals surface area contributed by atoms with E-state index in [0.717, 1.165) is 4.90 Å². The fourth-order valence-corrected chi connectivity index (χ4v) is 3.43. The molecule has 0 aliphatic carbocycles. The molecule has 2 aromatic rings. The Kier molecular flexibility index (Phi) is 5.53. The Balaban J connectivity index is 1.65. The molecule has 7 nitrogen and oxygen atoms in total. The van der Waals surface area contributed by atoms with Crippen molar-refractivity contribution in [1.29, 1.82) is 0 Å². The number of non-ortho nitro benzene ring substituents is 1. The summed E-state index contributed by atoms with van der Waals surface area (Å²) < 4.78 is 11.0. The third-order valence-corrected chi connectivity index (χ3v) is 5.02. The highest BCUT2D eigenvalue weighted by Gasteiger charge is 2.19. The third-order valence-electron chi connectivity index (χ3n) is 3.62. The average Bonchev–Trinajstić information content (AvgIpc) is 2.63. The van der Waals surface area contributed by atoms with Gasteiger partial charge in [0.15, 0.2) is 11.5 Å². The zero-order valence-corrected chi connectivity index (χ0v) is 15.3. The Bertz CT molecular complexity index is 861. The Hall–Kier alpha value is -2.45. The van der Waals surface area contributed by atoms with Gasteiger partial charge >= 0.3 is 0 Å². The monoisotopic (exact) mass is 394 g/mol. The van der Waals surface area contributed by atoms with Crippen LogP contribution in [0.3, 0.4) is 0 Å². The summed E-state index contributed by atoms with van der Waals surface area (Å²) in [7, 11) is 0. The lowest BCUT2D eigenvalue weighted by Crippen LogP contribution is -2.22. The quantitative estimate of drug-likeness (QED) is 0.465. The van der Waals surface area contributed by atoms with Crippen molar-refractivity contribution in [2.75, 3.05) is 18.5 Å². The van der Waals surface area contributed by atoms with Gasteiger partial charge in [-0.25, -0.2) is 0 Å². The van der Waals surface area contributed by atoms with Crippen LogP contribution in [0.4, 0.5) is 11.4 Å². The number of carbonyl (C=O) groups is 1. The van der Waals surface area contributed by atoms with E-state index in [-0.39, 0.29) is 16.6 Å². The summed E-state index contributed by atoms with van der Waals surface area (Å²) >= 11 is 7.36. The molecule has 0 saturated carbocycles. The molecule has 2 aromatic carbocycles. The molecule has 0 radical (unpaired) electrons. The number of halogens is 1. The first-order chi connectivity index (χ1) is 12.4. The molecule has 26 heavy (non-hydrogen) atoms. The second kappa shape index (κ2) is 7.84. The molecule has 136 valence electrons. The van der Waals surface area contributed by atoms with Crippen molar-refractivity contribution in [2.45, 2.75) is 17.1 Å². The van der Waals surface area contributed by atoms with Crippen LogP contribution >= 0.6 is 23.4 Å². The maximum Gasteiger partial charge on any atom is 0.271 e.